The fourth-order valence-electron chi connectivity index (χ4n) is 7.91. The number of thioether (sulfide) groups is 1. The van der Waals surface area contributed by atoms with Crippen LogP contribution in [0.2, 0.25) is 0 Å². The highest BCUT2D eigenvalue weighted by molar-refractivity contribution is 8.02. The number of benzene rings is 2. The molecule has 2 saturated heterocycles. The number of nitrogens with zero attached hydrogens (tertiary/aromatic N) is 3. The molecular weight excluding hydrogens is 598 g/mol. The van der Waals surface area contributed by atoms with Crippen LogP contribution >= 0.6 is 11.8 Å². The summed E-state index contributed by atoms with van der Waals surface area (Å²) in [6, 6.07) is 15.8. The number of aliphatic hydroxyl groups is 1. The van der Waals surface area contributed by atoms with Gasteiger partial charge in [0, 0.05) is 30.1 Å². The predicted molar refractivity (Wildman–Crippen MR) is 182 cm³/mol. The minimum absolute atomic E-state index is 0.101. The molecule has 244 valence electrons. The molecule has 8 nitrogen and oxygen atoms in total. The average molecular weight is 644 g/mol. The molecule has 0 aromatic heterocycles. The smallest absolute Gasteiger partial charge is 0.247 e. The Hall–Kier alpha value is -3.56. The lowest BCUT2D eigenvalue weighted by Gasteiger charge is -2.40. The standard InChI is InChI=1S/C37H45N3O5S/c1-4-6-10-21-38-22-12-20-37-31(34(43)40(32(37)35(38)44)28(25-41)24-26-13-8-7-9-14-26)30-33(42)39(23-11-19-36(30,3)46-37)27-15-17-29(18-16-27)45-5-2/h7-9,11-20,28,30-32,41H,4-6,10,21-25H2,1-3H3/t28-,30-,31+,32?,36+,37+/m1/s1. The van der Waals surface area contributed by atoms with Gasteiger partial charge in [-0.15, -0.1) is 11.8 Å². The molecule has 6 atom stereocenters. The summed E-state index contributed by atoms with van der Waals surface area (Å²) in [7, 11) is 0. The minimum atomic E-state index is -0.959. The van der Waals surface area contributed by atoms with Crippen molar-refractivity contribution in [2.75, 3.05) is 37.7 Å². The Kier molecular flexibility index (Phi) is 9.35. The lowest BCUT2D eigenvalue weighted by Crippen LogP contribution is -2.57. The quantitative estimate of drug-likeness (QED) is 0.278. The number of unbranched alkanes of at least 4 members (excludes halogenated alkanes) is 2. The maximum atomic E-state index is 15.0. The van der Waals surface area contributed by atoms with Crippen LogP contribution in [-0.4, -0.2) is 87.1 Å². The average Bonchev–Trinajstić information content (AvgIpc) is 3.33. The maximum absolute atomic E-state index is 15.0. The normalized spacial score (nSPS) is 29.3. The molecule has 4 aliphatic rings. The van der Waals surface area contributed by atoms with Gasteiger partial charge in [0.1, 0.15) is 11.8 Å². The largest absolute Gasteiger partial charge is 0.494 e. The van der Waals surface area contributed by atoms with Crippen molar-refractivity contribution in [1.82, 2.24) is 9.80 Å². The summed E-state index contributed by atoms with van der Waals surface area (Å²) < 4.78 is 3.96. The minimum Gasteiger partial charge on any atom is -0.494 e. The molecule has 1 unspecified atom stereocenters. The second-order valence-electron chi connectivity index (χ2n) is 12.9. The van der Waals surface area contributed by atoms with Crippen molar-refractivity contribution in [3.8, 4) is 5.75 Å². The van der Waals surface area contributed by atoms with Crippen LogP contribution in [0.1, 0.15) is 45.6 Å². The Morgan fingerprint density at radius 2 is 1.65 bits per heavy atom. The molecule has 6 rings (SSSR count). The van der Waals surface area contributed by atoms with Crippen LogP contribution < -0.4 is 9.64 Å². The van der Waals surface area contributed by atoms with Crippen LogP contribution in [0.15, 0.2) is 78.9 Å². The third-order valence-electron chi connectivity index (χ3n) is 9.99. The van der Waals surface area contributed by atoms with Gasteiger partial charge in [0.2, 0.25) is 17.7 Å². The Balaban J connectivity index is 1.43. The number of aliphatic hydroxyl groups excluding tert-OH is 1. The van der Waals surface area contributed by atoms with E-state index in [1.165, 1.54) is 0 Å². The van der Waals surface area contributed by atoms with Gasteiger partial charge in [0.05, 0.1) is 35.8 Å². The molecule has 0 bridgehead atoms. The first-order valence-corrected chi connectivity index (χ1v) is 17.4. The second kappa shape index (κ2) is 13.3. The summed E-state index contributed by atoms with van der Waals surface area (Å²) in [5.74, 6) is -1.21. The number of hydrogen-bond donors (Lipinski definition) is 1. The fraction of sp³-hybridized carbons (Fsp3) is 0.486. The van der Waals surface area contributed by atoms with Crippen LogP contribution in [0.4, 0.5) is 5.69 Å². The summed E-state index contributed by atoms with van der Waals surface area (Å²) in [6.07, 6.45) is 11.5. The van der Waals surface area contributed by atoms with Gasteiger partial charge in [0.25, 0.3) is 0 Å². The van der Waals surface area contributed by atoms with E-state index < -0.39 is 33.4 Å². The van der Waals surface area contributed by atoms with Gasteiger partial charge in [-0.25, -0.2) is 0 Å². The lowest BCUT2D eigenvalue weighted by molar-refractivity contribution is -0.145. The molecule has 0 saturated carbocycles. The molecule has 9 heteroatoms. The van der Waals surface area contributed by atoms with E-state index in [0.717, 1.165) is 36.3 Å². The van der Waals surface area contributed by atoms with Crippen molar-refractivity contribution in [3.63, 3.8) is 0 Å². The fourth-order valence-corrected chi connectivity index (χ4v) is 10.1. The second-order valence-corrected chi connectivity index (χ2v) is 14.7. The van der Waals surface area contributed by atoms with E-state index in [-0.39, 0.29) is 24.3 Å². The van der Waals surface area contributed by atoms with E-state index in [1.54, 1.807) is 21.6 Å². The summed E-state index contributed by atoms with van der Waals surface area (Å²) in [6.45, 7) is 7.82. The zero-order chi connectivity index (χ0) is 32.5. The molecule has 4 aliphatic heterocycles. The van der Waals surface area contributed by atoms with Gasteiger partial charge in [-0.05, 0) is 56.5 Å². The lowest BCUT2D eigenvalue weighted by atomic mass is 9.74. The summed E-state index contributed by atoms with van der Waals surface area (Å²) >= 11 is 1.58. The molecule has 4 heterocycles. The van der Waals surface area contributed by atoms with Crippen molar-refractivity contribution >= 4 is 35.2 Å². The van der Waals surface area contributed by atoms with E-state index in [0.29, 0.717) is 32.7 Å². The molecular formula is C37H45N3O5S. The number of anilines is 1. The van der Waals surface area contributed by atoms with Crippen LogP contribution in [0, 0.1) is 11.8 Å². The summed E-state index contributed by atoms with van der Waals surface area (Å²) in [5, 5.41) is 10.8. The van der Waals surface area contributed by atoms with Crippen molar-refractivity contribution in [2.24, 2.45) is 11.8 Å². The van der Waals surface area contributed by atoms with Gasteiger partial charge in [-0.1, -0.05) is 74.4 Å². The van der Waals surface area contributed by atoms with Crippen LogP contribution in [0.25, 0.3) is 0 Å². The molecule has 3 amide bonds. The topological polar surface area (TPSA) is 90.4 Å². The highest BCUT2D eigenvalue weighted by Gasteiger charge is 2.74. The van der Waals surface area contributed by atoms with Crippen molar-refractivity contribution < 1.29 is 24.2 Å². The zero-order valence-electron chi connectivity index (χ0n) is 27.0. The first-order chi connectivity index (χ1) is 22.3. The summed E-state index contributed by atoms with van der Waals surface area (Å²) in [4.78, 5) is 49.7. The van der Waals surface area contributed by atoms with Crippen molar-refractivity contribution in [2.45, 2.75) is 68.0 Å². The Morgan fingerprint density at radius 1 is 0.913 bits per heavy atom. The van der Waals surface area contributed by atoms with Gasteiger partial charge in [-0.2, -0.15) is 0 Å². The zero-order valence-corrected chi connectivity index (χ0v) is 27.8. The highest BCUT2D eigenvalue weighted by Crippen LogP contribution is 2.66. The van der Waals surface area contributed by atoms with Crippen LogP contribution in [0.3, 0.4) is 0 Å². The Labute approximate surface area is 276 Å². The third-order valence-corrected chi connectivity index (χ3v) is 11.8. The Morgan fingerprint density at radius 3 is 2.35 bits per heavy atom. The first kappa shape index (κ1) is 32.4. The number of carbonyl (C=O) groups excluding carboxylic acids is 3. The molecule has 2 fully saturated rings. The molecule has 46 heavy (non-hydrogen) atoms. The molecule has 1 N–H and O–H groups in total. The number of rotatable bonds is 11. The molecule has 0 aliphatic carbocycles. The monoisotopic (exact) mass is 643 g/mol. The number of fused-ring (bicyclic) bond motifs is 2. The van der Waals surface area contributed by atoms with E-state index >= 15 is 0 Å². The van der Waals surface area contributed by atoms with Gasteiger partial charge in [0.15, 0.2) is 0 Å². The molecule has 2 aromatic rings. The molecule has 2 aromatic carbocycles. The van der Waals surface area contributed by atoms with E-state index in [2.05, 4.69) is 19.1 Å². The number of ether oxygens (including phenoxy) is 1. The Bertz CT molecular complexity index is 1500. The van der Waals surface area contributed by atoms with Crippen LogP contribution in [-0.2, 0) is 20.8 Å². The molecule has 1 spiro atoms. The van der Waals surface area contributed by atoms with Gasteiger partial charge >= 0.3 is 0 Å². The van der Waals surface area contributed by atoms with E-state index in [1.807, 2.05) is 85.5 Å². The molecule has 0 radical (unpaired) electrons. The maximum Gasteiger partial charge on any atom is 0.247 e. The predicted octanol–water partition coefficient (Wildman–Crippen LogP) is 4.87. The van der Waals surface area contributed by atoms with Gasteiger partial charge < -0.3 is 24.5 Å². The van der Waals surface area contributed by atoms with Gasteiger partial charge in [-0.3, -0.25) is 14.4 Å². The van der Waals surface area contributed by atoms with Crippen molar-refractivity contribution in [1.29, 1.82) is 0 Å². The van der Waals surface area contributed by atoms with Crippen LogP contribution in [0.5, 0.6) is 5.75 Å². The van der Waals surface area contributed by atoms with E-state index in [4.69, 9.17) is 4.74 Å². The number of likely N-dealkylation sites (tertiary alicyclic amines) is 1. The SMILES string of the molecule is CCCCCN1CC=C[C@]23S[C@@]4(C)C=CCN(c5ccc(OCC)cc5)C(=O)[C@H]4[C@H]2C(=O)N([C@@H](CO)Cc2ccccc2)C3C1=O. The summed E-state index contributed by atoms with van der Waals surface area (Å²) in [5.41, 5.74) is 1.71. The highest BCUT2D eigenvalue weighted by atomic mass is 32.2. The third kappa shape index (κ3) is 5.55. The number of amides is 3. The van der Waals surface area contributed by atoms with Crippen molar-refractivity contribution in [3.05, 3.63) is 84.5 Å². The first-order valence-electron chi connectivity index (χ1n) is 16.6. The van der Waals surface area contributed by atoms with E-state index in [9.17, 15) is 19.5 Å². The number of hydrogen-bond acceptors (Lipinski definition) is 6. The number of carbonyl (C=O) groups is 3.